The van der Waals surface area contributed by atoms with Crippen LogP contribution in [0.15, 0.2) is 30.5 Å². The molecule has 0 saturated carbocycles. The zero-order valence-electron chi connectivity index (χ0n) is 12.3. The minimum atomic E-state index is -0.993. The van der Waals surface area contributed by atoms with Crippen LogP contribution in [0.25, 0.3) is 10.9 Å². The molecule has 0 aliphatic heterocycles. The standard InChI is InChI=1S/C15H19N3O3/c1-4-13(15(2,3)19)17-14-10-7-5-6-8-11(10)16-9-12(14)18(20)21/h5-9,13,19H,4H2,1-3H3,(H,16,17). The van der Waals surface area contributed by atoms with E-state index >= 15 is 0 Å². The number of fused-ring (bicyclic) bond motifs is 1. The lowest BCUT2D eigenvalue weighted by Crippen LogP contribution is -2.41. The van der Waals surface area contributed by atoms with Crippen molar-refractivity contribution in [1.82, 2.24) is 4.98 Å². The molecular formula is C15H19N3O3. The molecule has 0 aliphatic rings. The Kier molecular flexibility index (Phi) is 4.09. The second-order valence-electron chi connectivity index (χ2n) is 5.55. The van der Waals surface area contributed by atoms with Crippen molar-refractivity contribution in [3.05, 3.63) is 40.6 Å². The highest BCUT2D eigenvalue weighted by Gasteiger charge is 2.28. The van der Waals surface area contributed by atoms with Crippen molar-refractivity contribution in [2.45, 2.75) is 38.8 Å². The number of pyridine rings is 1. The fraction of sp³-hybridized carbons (Fsp3) is 0.400. The van der Waals surface area contributed by atoms with Crippen LogP contribution in [0, 0.1) is 10.1 Å². The SMILES string of the molecule is CCC(Nc1c([N+](=O)[O-])cnc2ccccc12)C(C)(C)O. The highest BCUT2D eigenvalue weighted by molar-refractivity contribution is 5.95. The number of anilines is 1. The van der Waals surface area contributed by atoms with Gasteiger partial charge < -0.3 is 10.4 Å². The Morgan fingerprint density at radius 3 is 2.67 bits per heavy atom. The first-order valence-electron chi connectivity index (χ1n) is 6.85. The number of aromatic nitrogens is 1. The van der Waals surface area contributed by atoms with E-state index in [4.69, 9.17) is 0 Å². The number of benzene rings is 1. The lowest BCUT2D eigenvalue weighted by Gasteiger charge is -2.30. The molecule has 21 heavy (non-hydrogen) atoms. The molecule has 0 amide bonds. The van der Waals surface area contributed by atoms with E-state index in [1.807, 2.05) is 19.1 Å². The zero-order chi connectivity index (χ0) is 15.6. The number of nitrogens with zero attached hydrogens (tertiary/aromatic N) is 2. The molecule has 0 bridgehead atoms. The van der Waals surface area contributed by atoms with Gasteiger partial charge in [-0.1, -0.05) is 25.1 Å². The summed E-state index contributed by atoms with van der Waals surface area (Å²) in [7, 11) is 0. The van der Waals surface area contributed by atoms with Gasteiger partial charge in [-0.2, -0.15) is 0 Å². The van der Waals surface area contributed by atoms with E-state index in [0.29, 0.717) is 23.0 Å². The second-order valence-corrected chi connectivity index (χ2v) is 5.55. The molecule has 1 aromatic carbocycles. The summed E-state index contributed by atoms with van der Waals surface area (Å²) in [6.45, 7) is 5.29. The highest BCUT2D eigenvalue weighted by atomic mass is 16.6. The molecule has 0 spiro atoms. The molecule has 2 aromatic rings. The van der Waals surface area contributed by atoms with E-state index in [1.165, 1.54) is 6.20 Å². The molecule has 1 atom stereocenters. The fourth-order valence-corrected chi connectivity index (χ4v) is 2.37. The molecule has 0 saturated heterocycles. The Balaban J connectivity index is 2.59. The number of nitro groups is 1. The maximum absolute atomic E-state index is 11.2. The van der Waals surface area contributed by atoms with E-state index in [1.54, 1.807) is 26.0 Å². The largest absolute Gasteiger partial charge is 0.388 e. The minimum Gasteiger partial charge on any atom is -0.388 e. The first-order chi connectivity index (χ1) is 9.84. The molecule has 1 aromatic heterocycles. The lowest BCUT2D eigenvalue weighted by molar-refractivity contribution is -0.384. The van der Waals surface area contributed by atoms with Crippen LogP contribution in [0.2, 0.25) is 0 Å². The van der Waals surface area contributed by atoms with E-state index in [9.17, 15) is 15.2 Å². The molecule has 0 radical (unpaired) electrons. The van der Waals surface area contributed by atoms with Crippen molar-refractivity contribution >= 4 is 22.3 Å². The summed E-state index contributed by atoms with van der Waals surface area (Å²) < 4.78 is 0. The first-order valence-corrected chi connectivity index (χ1v) is 6.85. The molecule has 6 nitrogen and oxygen atoms in total. The average molecular weight is 289 g/mol. The topological polar surface area (TPSA) is 88.3 Å². The van der Waals surface area contributed by atoms with Crippen LogP contribution < -0.4 is 5.32 Å². The third-order valence-corrected chi connectivity index (χ3v) is 3.53. The quantitative estimate of drug-likeness (QED) is 0.652. The normalized spacial score (nSPS) is 13.1. The summed E-state index contributed by atoms with van der Waals surface area (Å²) in [6, 6.07) is 6.92. The molecular weight excluding hydrogens is 270 g/mol. The van der Waals surface area contributed by atoms with Crippen LogP contribution in [-0.4, -0.2) is 26.7 Å². The van der Waals surface area contributed by atoms with Crippen LogP contribution in [0.5, 0.6) is 0 Å². The van der Waals surface area contributed by atoms with Crippen LogP contribution in [0.1, 0.15) is 27.2 Å². The minimum absolute atomic E-state index is 0.0867. The Bertz CT molecular complexity index is 665. The van der Waals surface area contributed by atoms with Gasteiger partial charge in [0, 0.05) is 5.39 Å². The van der Waals surface area contributed by atoms with Crippen molar-refractivity contribution in [3.63, 3.8) is 0 Å². The van der Waals surface area contributed by atoms with E-state index in [0.717, 1.165) is 0 Å². The average Bonchev–Trinajstić information content (AvgIpc) is 2.42. The zero-order valence-corrected chi connectivity index (χ0v) is 12.3. The van der Waals surface area contributed by atoms with Crippen molar-refractivity contribution in [2.75, 3.05) is 5.32 Å². The first kappa shape index (κ1) is 15.2. The molecule has 2 rings (SSSR count). The van der Waals surface area contributed by atoms with Gasteiger partial charge in [0.2, 0.25) is 0 Å². The Morgan fingerprint density at radius 1 is 1.43 bits per heavy atom. The van der Waals surface area contributed by atoms with Crippen LogP contribution in [0.3, 0.4) is 0 Å². The second kappa shape index (κ2) is 5.65. The Morgan fingerprint density at radius 2 is 2.10 bits per heavy atom. The van der Waals surface area contributed by atoms with Gasteiger partial charge in [-0.05, 0) is 26.3 Å². The monoisotopic (exact) mass is 289 g/mol. The van der Waals surface area contributed by atoms with Gasteiger partial charge in [0.1, 0.15) is 11.9 Å². The van der Waals surface area contributed by atoms with Gasteiger partial charge in [-0.3, -0.25) is 10.1 Å². The summed E-state index contributed by atoms with van der Waals surface area (Å²) in [6.07, 6.45) is 1.89. The predicted molar refractivity (Wildman–Crippen MR) is 82.4 cm³/mol. The van der Waals surface area contributed by atoms with Gasteiger partial charge in [-0.25, -0.2) is 4.98 Å². The summed E-state index contributed by atoms with van der Waals surface area (Å²) in [5, 5.41) is 25.2. The number of aliphatic hydroxyl groups is 1. The molecule has 0 fully saturated rings. The third kappa shape index (κ3) is 3.11. The van der Waals surface area contributed by atoms with Gasteiger partial charge in [0.15, 0.2) is 0 Å². The number of hydrogen-bond acceptors (Lipinski definition) is 5. The maximum atomic E-state index is 11.2. The van der Waals surface area contributed by atoms with Crippen LogP contribution in [-0.2, 0) is 0 Å². The molecule has 1 heterocycles. The van der Waals surface area contributed by atoms with E-state index in [2.05, 4.69) is 10.3 Å². The smallest absolute Gasteiger partial charge is 0.311 e. The van der Waals surface area contributed by atoms with Crippen molar-refractivity contribution in [3.8, 4) is 0 Å². The van der Waals surface area contributed by atoms with Gasteiger partial charge >= 0.3 is 5.69 Å². The fourth-order valence-electron chi connectivity index (χ4n) is 2.37. The van der Waals surface area contributed by atoms with Crippen LogP contribution >= 0.6 is 0 Å². The summed E-state index contributed by atoms with van der Waals surface area (Å²) in [5.74, 6) is 0. The number of para-hydroxylation sites is 1. The molecule has 6 heteroatoms. The number of hydrogen-bond donors (Lipinski definition) is 2. The number of rotatable bonds is 5. The molecule has 112 valence electrons. The summed E-state index contributed by atoms with van der Waals surface area (Å²) >= 11 is 0. The molecule has 1 unspecified atom stereocenters. The van der Waals surface area contributed by atoms with Crippen molar-refractivity contribution in [1.29, 1.82) is 0 Å². The summed E-state index contributed by atoms with van der Waals surface area (Å²) in [5.41, 5.74) is -0.000310. The van der Waals surface area contributed by atoms with Crippen molar-refractivity contribution < 1.29 is 10.0 Å². The third-order valence-electron chi connectivity index (χ3n) is 3.53. The maximum Gasteiger partial charge on any atom is 0.311 e. The predicted octanol–water partition coefficient (Wildman–Crippen LogP) is 3.10. The van der Waals surface area contributed by atoms with Gasteiger partial charge in [-0.15, -0.1) is 0 Å². The lowest BCUT2D eigenvalue weighted by atomic mass is 9.96. The molecule has 2 N–H and O–H groups in total. The van der Waals surface area contributed by atoms with E-state index in [-0.39, 0.29) is 11.7 Å². The van der Waals surface area contributed by atoms with Crippen LogP contribution in [0.4, 0.5) is 11.4 Å². The Hall–Kier alpha value is -2.21. The molecule has 0 aliphatic carbocycles. The van der Waals surface area contributed by atoms with Gasteiger partial charge in [0.05, 0.1) is 22.1 Å². The number of nitrogens with one attached hydrogen (secondary N) is 1. The van der Waals surface area contributed by atoms with Gasteiger partial charge in [0.25, 0.3) is 0 Å². The highest BCUT2D eigenvalue weighted by Crippen LogP contribution is 2.33. The van der Waals surface area contributed by atoms with E-state index < -0.39 is 10.5 Å². The summed E-state index contributed by atoms with van der Waals surface area (Å²) in [4.78, 5) is 14.9. The Labute approximate surface area is 123 Å². The van der Waals surface area contributed by atoms with Crippen molar-refractivity contribution in [2.24, 2.45) is 0 Å².